The number of benzene rings is 19. The highest BCUT2D eigenvalue weighted by molar-refractivity contribution is 7.25. The average Bonchev–Trinajstić information content (AvgIpc) is 1.43. The molecule has 0 aliphatic heterocycles. The molecule has 5 nitrogen and oxygen atoms in total. The molecule has 0 amide bonds. The minimum absolute atomic E-state index is 0.672. The fraction of sp³-hybridized carbons (Fsp3) is 0. The van der Waals surface area contributed by atoms with Crippen LogP contribution in [-0.4, -0.2) is 23.7 Å². The number of para-hydroxylation sites is 2. The molecule has 106 heavy (non-hydrogen) atoms. The smallest absolute Gasteiger partial charge is 0.160 e. The summed E-state index contributed by atoms with van der Waals surface area (Å²) in [5.41, 5.74) is 16.3. The van der Waals surface area contributed by atoms with Gasteiger partial charge in [-0.1, -0.05) is 243 Å². The van der Waals surface area contributed by atoms with E-state index in [0.717, 1.165) is 72.3 Å². The number of rotatable bonds is 6. The molecule has 0 aliphatic carbocycles. The third kappa shape index (κ3) is 8.02. The highest BCUT2D eigenvalue weighted by Crippen LogP contribution is 2.52. The molecule has 24 aromatic rings. The molecule has 0 fully saturated rings. The first-order valence-corrected chi connectivity index (χ1v) is 37.3. The van der Waals surface area contributed by atoms with Crippen LogP contribution in [0.5, 0.6) is 0 Å². The molecule has 0 unspecified atom stereocenters. The molecule has 0 spiro atoms. The van der Waals surface area contributed by atoms with Gasteiger partial charge in [-0.05, 0) is 179 Å². The zero-order chi connectivity index (χ0) is 69.0. The molecule has 488 valence electrons. The van der Waals surface area contributed by atoms with Crippen LogP contribution in [0.4, 0.5) is 0 Å². The van der Waals surface area contributed by atoms with Crippen molar-refractivity contribution in [2.24, 2.45) is 0 Å². The first kappa shape index (κ1) is 57.8. The van der Waals surface area contributed by atoms with Gasteiger partial charge in [-0.3, -0.25) is 0 Å². The van der Waals surface area contributed by atoms with Gasteiger partial charge in [0.05, 0.1) is 44.3 Å². The Labute approximate surface area is 610 Å². The standard InChI is InChI=1S/C100H57N5S/c1-3-23-58(24-4-1)97-78-50-43-60(55-84(78)101-100(102-97)61-45-52-87-83(54-61)96-94-73-35-14-10-30-68(73)66-28-8-12-33-71(66)92(94)75-37-16-18-39-77(75)99(96)104(87)62-25-5-2-6-26-62)59-44-51-86-80(53-59)81-56-82-69-31-20-22-42-89(69)106-90(82)57-88(81)103(86)63-46-48-64(49-47-63)105-85-41-21-19-40-79(85)95-93-72-34-13-9-29-67(72)65-27-7-11-32-70(65)91(93)74-36-15-17-38-76(74)98(95)105/h1-57H. The number of thiophene rings is 1. The van der Waals surface area contributed by atoms with Crippen LogP contribution in [0.3, 0.4) is 0 Å². The molecule has 24 rings (SSSR count). The van der Waals surface area contributed by atoms with Crippen molar-refractivity contribution >= 4 is 194 Å². The van der Waals surface area contributed by atoms with Crippen molar-refractivity contribution in [1.82, 2.24) is 23.7 Å². The zero-order valence-electron chi connectivity index (χ0n) is 57.1. The molecule has 0 saturated carbocycles. The largest absolute Gasteiger partial charge is 0.309 e. The van der Waals surface area contributed by atoms with Crippen LogP contribution < -0.4 is 0 Å². The van der Waals surface area contributed by atoms with Gasteiger partial charge in [-0.15, -0.1) is 11.3 Å². The Bertz CT molecular complexity index is 8000. The summed E-state index contributed by atoms with van der Waals surface area (Å²) >= 11 is 1.87. The second-order valence-corrected chi connectivity index (χ2v) is 29.6. The van der Waals surface area contributed by atoms with Crippen LogP contribution >= 0.6 is 11.3 Å². The zero-order valence-corrected chi connectivity index (χ0v) is 57.9. The van der Waals surface area contributed by atoms with E-state index >= 15 is 0 Å². The normalized spacial score (nSPS) is 12.3. The Morgan fingerprint density at radius 2 is 0.613 bits per heavy atom. The topological polar surface area (TPSA) is 40.6 Å². The molecule has 0 N–H and O–H groups in total. The van der Waals surface area contributed by atoms with Crippen molar-refractivity contribution in [1.29, 1.82) is 0 Å². The second-order valence-electron chi connectivity index (χ2n) is 28.5. The number of aromatic nitrogens is 5. The number of nitrogens with zero attached hydrogens (tertiary/aromatic N) is 5. The summed E-state index contributed by atoms with van der Waals surface area (Å²) in [6.45, 7) is 0. The maximum absolute atomic E-state index is 5.67. The minimum atomic E-state index is 0.672. The van der Waals surface area contributed by atoms with E-state index in [1.165, 1.54) is 155 Å². The Morgan fingerprint density at radius 3 is 1.22 bits per heavy atom. The van der Waals surface area contributed by atoms with Crippen molar-refractivity contribution in [2.75, 3.05) is 0 Å². The fourth-order valence-electron chi connectivity index (χ4n) is 18.7. The summed E-state index contributed by atoms with van der Waals surface area (Å²) < 4.78 is 10.1. The maximum Gasteiger partial charge on any atom is 0.160 e. The van der Waals surface area contributed by atoms with E-state index in [2.05, 4.69) is 359 Å². The highest BCUT2D eigenvalue weighted by atomic mass is 32.1. The summed E-state index contributed by atoms with van der Waals surface area (Å²) in [5.74, 6) is 0.672. The van der Waals surface area contributed by atoms with Gasteiger partial charge in [0.1, 0.15) is 0 Å². The molecule has 0 radical (unpaired) electrons. The molecule has 0 bridgehead atoms. The first-order chi connectivity index (χ1) is 52.6. The van der Waals surface area contributed by atoms with Crippen LogP contribution in [0.25, 0.3) is 234 Å². The number of hydrogen-bond donors (Lipinski definition) is 0. The van der Waals surface area contributed by atoms with E-state index < -0.39 is 0 Å². The van der Waals surface area contributed by atoms with Crippen LogP contribution in [0.15, 0.2) is 346 Å². The van der Waals surface area contributed by atoms with Gasteiger partial charge in [0, 0.05) is 108 Å². The highest BCUT2D eigenvalue weighted by Gasteiger charge is 2.27. The Balaban J connectivity index is 0.701. The molecule has 0 saturated heterocycles. The number of hydrogen-bond acceptors (Lipinski definition) is 3. The monoisotopic (exact) mass is 1360 g/mol. The lowest BCUT2D eigenvalue weighted by Gasteiger charge is -2.16. The molecular formula is C100H57N5S. The fourth-order valence-corrected chi connectivity index (χ4v) is 19.8. The molecule has 5 aromatic heterocycles. The lowest BCUT2D eigenvalue weighted by atomic mass is 9.88. The predicted octanol–water partition coefficient (Wildman–Crippen LogP) is 27.5. The SMILES string of the molecule is c1ccc(-c2nc(-c3ccc4c(c3)c3c5c6ccccc6c6ccccc6c5c5ccccc5c3n4-c3ccccc3)nc3cc(-c4ccc5c(c4)c4cc6c(cc4n5-c4ccc(-n5c7ccccc7c7c8c9ccccc9c9ccccc9c8c8ccccc8c75)cc4)sc4ccccc46)ccc23)cc1. The third-order valence-electron chi connectivity index (χ3n) is 23.1. The van der Waals surface area contributed by atoms with Crippen molar-refractivity contribution < 1.29 is 0 Å². The van der Waals surface area contributed by atoms with E-state index in [-0.39, 0.29) is 0 Å². The van der Waals surface area contributed by atoms with Crippen LogP contribution in [-0.2, 0) is 0 Å². The molecule has 0 atom stereocenters. The van der Waals surface area contributed by atoms with E-state index in [1.54, 1.807) is 0 Å². The molecule has 6 heteroatoms. The Morgan fingerprint density at radius 1 is 0.198 bits per heavy atom. The summed E-state index contributed by atoms with van der Waals surface area (Å²) in [4.78, 5) is 11.3. The van der Waals surface area contributed by atoms with Crippen LogP contribution in [0, 0.1) is 0 Å². The third-order valence-corrected chi connectivity index (χ3v) is 24.2. The van der Waals surface area contributed by atoms with E-state index in [9.17, 15) is 0 Å². The van der Waals surface area contributed by atoms with Crippen LogP contribution in [0.1, 0.15) is 0 Å². The summed E-state index contributed by atoms with van der Waals surface area (Å²) in [5, 5.41) is 31.0. The van der Waals surface area contributed by atoms with Gasteiger partial charge < -0.3 is 13.7 Å². The lowest BCUT2D eigenvalue weighted by molar-refractivity contribution is 1.15. The Kier molecular flexibility index (Phi) is 11.9. The quantitative estimate of drug-likeness (QED) is 0.156. The van der Waals surface area contributed by atoms with Crippen molar-refractivity contribution in [3.05, 3.63) is 346 Å². The summed E-state index contributed by atoms with van der Waals surface area (Å²) in [7, 11) is 0. The average molecular weight is 1360 g/mol. The first-order valence-electron chi connectivity index (χ1n) is 36.4. The van der Waals surface area contributed by atoms with Crippen molar-refractivity contribution in [3.63, 3.8) is 0 Å². The van der Waals surface area contributed by atoms with Gasteiger partial charge in [-0.25, -0.2) is 9.97 Å². The number of fused-ring (bicyclic) bond motifs is 33. The predicted molar refractivity (Wildman–Crippen MR) is 452 cm³/mol. The summed E-state index contributed by atoms with van der Waals surface area (Å²) in [6.07, 6.45) is 0. The Hall–Kier alpha value is -13.8. The molecule has 0 aliphatic rings. The van der Waals surface area contributed by atoms with Gasteiger partial charge in [-0.2, -0.15) is 0 Å². The maximum atomic E-state index is 5.67. The van der Waals surface area contributed by atoms with Crippen LogP contribution in [0.2, 0.25) is 0 Å². The molecule has 5 heterocycles. The van der Waals surface area contributed by atoms with Gasteiger partial charge in [0.15, 0.2) is 5.82 Å². The lowest BCUT2D eigenvalue weighted by Crippen LogP contribution is -1.98. The molecule has 19 aromatic carbocycles. The summed E-state index contributed by atoms with van der Waals surface area (Å²) in [6, 6.07) is 128. The molecular weight excluding hydrogens is 1300 g/mol. The van der Waals surface area contributed by atoms with Crippen molar-refractivity contribution in [2.45, 2.75) is 0 Å². The van der Waals surface area contributed by atoms with E-state index in [1.807, 2.05) is 11.3 Å². The van der Waals surface area contributed by atoms with E-state index in [0.29, 0.717) is 5.82 Å². The minimum Gasteiger partial charge on any atom is -0.309 e. The van der Waals surface area contributed by atoms with Gasteiger partial charge in [0.25, 0.3) is 0 Å². The van der Waals surface area contributed by atoms with E-state index in [4.69, 9.17) is 9.97 Å². The van der Waals surface area contributed by atoms with Gasteiger partial charge >= 0.3 is 0 Å². The second kappa shape index (κ2) is 21.9. The van der Waals surface area contributed by atoms with Crippen molar-refractivity contribution in [3.8, 4) is 50.8 Å². The van der Waals surface area contributed by atoms with Gasteiger partial charge in [0.2, 0.25) is 0 Å².